The summed E-state index contributed by atoms with van der Waals surface area (Å²) in [5, 5.41) is 13.3. The third-order valence-electron chi connectivity index (χ3n) is 10.5. The molecule has 2 nitrogen and oxygen atoms in total. The molecule has 0 spiro atoms. The summed E-state index contributed by atoms with van der Waals surface area (Å²) in [6.45, 7) is 0. The van der Waals surface area contributed by atoms with Crippen molar-refractivity contribution in [3.63, 3.8) is 0 Å². The fraction of sp³-hybridized carbons (Fsp3) is 0.120. The molecule has 0 amide bonds. The first kappa shape index (κ1) is 40.2. The van der Waals surface area contributed by atoms with Crippen LogP contribution in [0.4, 0.5) is 0 Å². The topological polar surface area (TPSA) is 52.0 Å². The van der Waals surface area contributed by atoms with Crippen molar-refractivity contribution in [3.05, 3.63) is 194 Å². The van der Waals surface area contributed by atoms with Gasteiger partial charge in [-0.25, -0.2) is 0 Å². The summed E-state index contributed by atoms with van der Waals surface area (Å²) >= 11 is 1.82. The van der Waals surface area contributed by atoms with E-state index in [0.717, 1.165) is 12.8 Å². The van der Waals surface area contributed by atoms with Crippen LogP contribution in [0.2, 0.25) is 0 Å². The minimum atomic E-state index is -0.852. The quantitative estimate of drug-likeness (QED) is 0.124. The Labute approximate surface area is 348 Å². The molecule has 9 rings (SSSR count). The van der Waals surface area contributed by atoms with E-state index in [2.05, 4.69) is 204 Å². The smallest absolute Gasteiger partial charge is 0.000884 e. The summed E-state index contributed by atoms with van der Waals surface area (Å²) < 4.78 is 0. The fourth-order valence-electron chi connectivity index (χ4n) is 7.77. The van der Waals surface area contributed by atoms with E-state index >= 15 is 0 Å². The molecule has 6 heteroatoms. The monoisotopic (exact) mass is 873 g/mol. The summed E-state index contributed by atoms with van der Waals surface area (Å²) in [6, 6.07) is 72.4. The van der Waals surface area contributed by atoms with Crippen LogP contribution in [0.3, 0.4) is 0 Å². The van der Waals surface area contributed by atoms with Crippen LogP contribution in [0.1, 0.15) is 25.7 Å². The number of hydrogen-bond donors (Lipinski definition) is 2. The zero-order valence-electron chi connectivity index (χ0n) is 31.2. The molecule has 1 aliphatic carbocycles. The van der Waals surface area contributed by atoms with Gasteiger partial charge in [0.1, 0.15) is 0 Å². The number of rotatable bonds is 7. The Kier molecular flexibility index (Phi) is 14.3. The minimum absolute atomic E-state index is 0.281. The predicted octanol–water partition coefficient (Wildman–Crippen LogP) is 10.1. The van der Waals surface area contributed by atoms with Crippen LogP contribution in [-0.2, 0) is 17.3 Å². The maximum absolute atomic E-state index is 5.65. The summed E-state index contributed by atoms with van der Waals surface area (Å²) in [7, 11) is 2.86. The molecule has 4 N–H and O–H groups in total. The molecular formula is C50H46ClN2P2Ru. The molecule has 0 unspecified atom stereocenters. The Hall–Kier alpha value is -4.03. The van der Waals surface area contributed by atoms with Crippen LogP contribution in [0.5, 0.6) is 0 Å². The molecule has 0 aromatic heterocycles. The summed E-state index contributed by atoms with van der Waals surface area (Å²) in [4.78, 5) is 0. The first-order valence-electron chi connectivity index (χ1n) is 19.2. The number of fused-ring (bicyclic) bond motifs is 2. The number of nitrogens with two attached hydrogens (primary N) is 2. The molecule has 0 aliphatic heterocycles. The summed E-state index contributed by atoms with van der Waals surface area (Å²) in [5.41, 5.74) is 14.0. The van der Waals surface area contributed by atoms with Gasteiger partial charge in [0, 0.05) is 12.1 Å². The van der Waals surface area contributed by atoms with E-state index in [4.69, 9.17) is 11.5 Å². The van der Waals surface area contributed by atoms with Crippen molar-refractivity contribution < 1.29 is 17.3 Å². The Bertz CT molecular complexity index is 2200. The van der Waals surface area contributed by atoms with Gasteiger partial charge < -0.3 is 11.5 Å². The molecule has 1 saturated carbocycles. The van der Waals surface area contributed by atoms with E-state index in [1.165, 1.54) is 77.3 Å². The molecule has 2 atom stereocenters. The molecule has 0 saturated heterocycles. The first-order valence-corrected chi connectivity index (χ1v) is 24.1. The normalized spacial score (nSPS) is 15.2. The second kappa shape index (κ2) is 19.9. The second-order valence-corrected chi connectivity index (χ2v) is 18.4. The van der Waals surface area contributed by atoms with Crippen molar-refractivity contribution in [2.24, 2.45) is 11.5 Å². The van der Waals surface area contributed by atoms with Crippen LogP contribution >= 0.6 is 25.5 Å². The first-order chi connectivity index (χ1) is 27.7. The van der Waals surface area contributed by atoms with Crippen LogP contribution in [0.15, 0.2) is 194 Å². The van der Waals surface area contributed by atoms with Gasteiger partial charge in [0.15, 0.2) is 0 Å². The molecule has 0 radical (unpaired) electrons. The zero-order valence-corrected chi connectivity index (χ0v) is 35.5. The third kappa shape index (κ3) is 9.07. The third-order valence-corrected chi connectivity index (χ3v) is 15.4. The van der Waals surface area contributed by atoms with Crippen molar-refractivity contribution >= 4 is 78.9 Å². The Morgan fingerprint density at radius 2 is 0.661 bits per heavy atom. The van der Waals surface area contributed by atoms with Gasteiger partial charge in [-0.2, -0.15) is 0 Å². The molecule has 1 fully saturated rings. The van der Waals surface area contributed by atoms with Gasteiger partial charge in [-0.1, -0.05) is 207 Å². The van der Waals surface area contributed by atoms with E-state index in [-0.39, 0.29) is 12.1 Å². The SMILES string of the molecule is N[C@@H]1CCCC[C@H]1N.[Cl][Ru].c1ccc(P(c2ccccc2)c2ccc3ccccc3c2-c2c(P(c3ccccc3)c3ccccc3)ccc3ccccc23)cc1. The van der Waals surface area contributed by atoms with E-state index in [0.29, 0.717) is 0 Å². The van der Waals surface area contributed by atoms with Crippen molar-refractivity contribution in [2.75, 3.05) is 0 Å². The largest absolute Gasteiger partial charge is 0.0622 e. The Balaban J connectivity index is 0.000000425. The minimum Gasteiger partial charge on any atom is -0.0622 e. The molecule has 8 aromatic rings. The van der Waals surface area contributed by atoms with Gasteiger partial charge in [-0.15, -0.1) is 0 Å². The Morgan fingerprint density at radius 3 is 0.964 bits per heavy atom. The van der Waals surface area contributed by atoms with Crippen molar-refractivity contribution in [3.8, 4) is 11.1 Å². The second-order valence-electron chi connectivity index (χ2n) is 14.0. The molecule has 8 aromatic carbocycles. The fourth-order valence-corrected chi connectivity index (χ4v) is 12.7. The van der Waals surface area contributed by atoms with Crippen LogP contribution in [-0.4, -0.2) is 12.1 Å². The van der Waals surface area contributed by atoms with Crippen LogP contribution < -0.4 is 43.3 Å². The van der Waals surface area contributed by atoms with E-state index in [1.54, 1.807) is 0 Å². The molecule has 281 valence electrons. The maximum atomic E-state index is 5.65. The number of halogens is 1. The number of hydrogen-bond acceptors (Lipinski definition) is 2. The average Bonchev–Trinajstić information content (AvgIpc) is 3.27. The van der Waals surface area contributed by atoms with E-state index in [9.17, 15) is 0 Å². The van der Waals surface area contributed by atoms with Gasteiger partial charge in [-0.3, -0.25) is 0 Å². The van der Waals surface area contributed by atoms with Gasteiger partial charge >= 0.3 is 27.0 Å². The number of benzene rings is 8. The van der Waals surface area contributed by atoms with Crippen molar-refractivity contribution in [1.29, 1.82) is 0 Å². The van der Waals surface area contributed by atoms with E-state index in [1.807, 2.05) is 17.3 Å². The molecule has 56 heavy (non-hydrogen) atoms. The van der Waals surface area contributed by atoms with Crippen LogP contribution in [0.25, 0.3) is 32.7 Å². The van der Waals surface area contributed by atoms with Crippen molar-refractivity contribution in [2.45, 2.75) is 37.8 Å². The molecule has 0 heterocycles. The van der Waals surface area contributed by atoms with Gasteiger partial charge in [0.2, 0.25) is 0 Å². The predicted molar refractivity (Wildman–Crippen MR) is 245 cm³/mol. The zero-order chi connectivity index (χ0) is 38.7. The van der Waals surface area contributed by atoms with E-state index < -0.39 is 15.8 Å². The van der Waals surface area contributed by atoms with Gasteiger partial charge in [0.25, 0.3) is 0 Å². The van der Waals surface area contributed by atoms with Crippen LogP contribution in [0, 0.1) is 0 Å². The average molecular weight is 873 g/mol. The van der Waals surface area contributed by atoms with Crippen molar-refractivity contribution in [1.82, 2.24) is 0 Å². The van der Waals surface area contributed by atoms with Gasteiger partial charge in [-0.05, 0) is 93.2 Å². The standard InChI is InChI=1S/C44H32P2.C6H14N2.ClH.Ru/c1-5-19-35(20-6-1)45(36-21-7-2-8-22-36)41-31-29-33-17-13-15-27-39(33)43(41)44-40-28-16-14-18-34(40)30-32-42(44)46(37-23-9-3-10-24-37)38-25-11-4-12-26-38;7-5-3-1-2-4-6(5)8;;/h1-32H;5-6H,1-4,7-8H2;1H;/q;;;+1/p-1/t;5-,6-;;/m.1../s1. The molecule has 0 bridgehead atoms. The van der Waals surface area contributed by atoms with Gasteiger partial charge in [0.05, 0.1) is 0 Å². The molecule has 1 aliphatic rings. The maximum Gasteiger partial charge on any atom is -0.000884 e. The summed E-state index contributed by atoms with van der Waals surface area (Å²) in [6.07, 6.45) is 4.80. The Morgan fingerprint density at radius 1 is 0.375 bits per heavy atom. The molecular weight excluding hydrogens is 827 g/mol. The summed E-state index contributed by atoms with van der Waals surface area (Å²) in [5.74, 6) is 0.